The molecule has 0 radical (unpaired) electrons. The van der Waals surface area contributed by atoms with Gasteiger partial charge in [-0.25, -0.2) is 10.8 Å². The van der Waals surface area contributed by atoms with Crippen molar-refractivity contribution in [3.63, 3.8) is 0 Å². The first kappa shape index (κ1) is 12.7. The van der Waals surface area contributed by atoms with Crippen LogP contribution in [0, 0.1) is 6.92 Å². The lowest BCUT2D eigenvalue weighted by molar-refractivity contribution is 0.304. The first-order valence-corrected chi connectivity index (χ1v) is 5.87. The van der Waals surface area contributed by atoms with Crippen molar-refractivity contribution in [1.29, 1.82) is 0 Å². The zero-order valence-electron chi connectivity index (χ0n) is 9.98. The van der Waals surface area contributed by atoms with Crippen molar-refractivity contribution in [3.05, 3.63) is 52.7 Å². The van der Waals surface area contributed by atoms with E-state index in [1.54, 1.807) is 6.20 Å². The summed E-state index contributed by atoms with van der Waals surface area (Å²) in [5, 5.41) is 0.707. The summed E-state index contributed by atoms with van der Waals surface area (Å²) < 4.78 is 5.72. The normalized spacial score (nSPS) is 10.2. The molecule has 0 atom stereocenters. The van der Waals surface area contributed by atoms with E-state index in [9.17, 15) is 0 Å². The predicted octanol–water partition coefficient (Wildman–Crippen LogP) is 2.91. The van der Waals surface area contributed by atoms with E-state index in [-0.39, 0.29) is 0 Å². The molecule has 0 bridgehead atoms. The zero-order chi connectivity index (χ0) is 13.0. The van der Waals surface area contributed by atoms with Gasteiger partial charge in [-0.05, 0) is 48.4 Å². The summed E-state index contributed by atoms with van der Waals surface area (Å²) in [6, 6.07) is 9.26. The number of halogens is 1. The van der Waals surface area contributed by atoms with Crippen LogP contribution in [-0.2, 0) is 6.61 Å². The van der Waals surface area contributed by atoms with E-state index < -0.39 is 0 Å². The molecule has 1 aromatic heterocycles. The lowest BCUT2D eigenvalue weighted by atomic mass is 10.2. The number of rotatable bonds is 4. The third-order valence-electron chi connectivity index (χ3n) is 2.50. The average molecular weight is 264 g/mol. The maximum atomic E-state index is 5.89. The number of hydrogen-bond acceptors (Lipinski definition) is 4. The van der Waals surface area contributed by atoms with E-state index in [0.717, 1.165) is 16.9 Å². The molecular formula is C13H14ClN3O. The van der Waals surface area contributed by atoms with Crippen molar-refractivity contribution in [2.45, 2.75) is 13.5 Å². The maximum absolute atomic E-state index is 5.89. The number of nitrogens with zero attached hydrogens (tertiary/aromatic N) is 1. The predicted molar refractivity (Wildman–Crippen MR) is 72.6 cm³/mol. The molecule has 4 nitrogen and oxygen atoms in total. The molecule has 0 fully saturated rings. The van der Waals surface area contributed by atoms with E-state index in [1.807, 2.05) is 37.3 Å². The standard InChI is InChI=1S/C13H14ClN3O/c1-9-6-11(14)2-3-12(9)18-8-10-4-5-16-13(7-10)17-15/h2-7H,8,15H2,1H3,(H,16,17). The van der Waals surface area contributed by atoms with Crippen molar-refractivity contribution in [1.82, 2.24) is 4.98 Å². The molecule has 3 N–H and O–H groups in total. The van der Waals surface area contributed by atoms with Crippen molar-refractivity contribution in [3.8, 4) is 5.75 Å². The Labute approximate surface area is 111 Å². The number of nitrogen functional groups attached to an aromatic ring is 1. The summed E-state index contributed by atoms with van der Waals surface area (Å²) in [6.07, 6.45) is 1.68. The van der Waals surface area contributed by atoms with E-state index in [1.165, 1.54) is 0 Å². The van der Waals surface area contributed by atoms with Gasteiger partial charge in [0.05, 0.1) is 0 Å². The third-order valence-corrected chi connectivity index (χ3v) is 2.74. The van der Waals surface area contributed by atoms with Crippen LogP contribution in [0.15, 0.2) is 36.5 Å². The van der Waals surface area contributed by atoms with Gasteiger partial charge in [0.15, 0.2) is 0 Å². The van der Waals surface area contributed by atoms with Gasteiger partial charge >= 0.3 is 0 Å². The van der Waals surface area contributed by atoms with Crippen LogP contribution in [-0.4, -0.2) is 4.98 Å². The van der Waals surface area contributed by atoms with Gasteiger partial charge in [0.2, 0.25) is 0 Å². The fourth-order valence-corrected chi connectivity index (χ4v) is 1.81. The fraction of sp³-hybridized carbons (Fsp3) is 0.154. The number of pyridine rings is 1. The smallest absolute Gasteiger partial charge is 0.140 e. The molecule has 2 rings (SSSR count). The number of nitrogens with one attached hydrogen (secondary N) is 1. The molecule has 5 heteroatoms. The van der Waals surface area contributed by atoms with Crippen LogP contribution < -0.4 is 16.0 Å². The van der Waals surface area contributed by atoms with Gasteiger partial charge < -0.3 is 10.2 Å². The molecule has 0 aliphatic carbocycles. The second-order valence-electron chi connectivity index (χ2n) is 3.89. The van der Waals surface area contributed by atoms with Crippen LogP contribution in [0.25, 0.3) is 0 Å². The summed E-state index contributed by atoms with van der Waals surface area (Å²) in [5.41, 5.74) is 4.50. The van der Waals surface area contributed by atoms with E-state index in [4.69, 9.17) is 22.2 Å². The Morgan fingerprint density at radius 3 is 2.89 bits per heavy atom. The quantitative estimate of drug-likeness (QED) is 0.658. The van der Waals surface area contributed by atoms with Crippen molar-refractivity contribution < 1.29 is 4.74 Å². The van der Waals surface area contributed by atoms with Gasteiger partial charge in [-0.1, -0.05) is 11.6 Å². The number of hydrogen-bond donors (Lipinski definition) is 2. The molecule has 18 heavy (non-hydrogen) atoms. The van der Waals surface area contributed by atoms with Crippen LogP contribution in [0.1, 0.15) is 11.1 Å². The SMILES string of the molecule is Cc1cc(Cl)ccc1OCc1ccnc(NN)c1. The number of benzene rings is 1. The molecular weight excluding hydrogens is 250 g/mol. The van der Waals surface area contributed by atoms with Gasteiger partial charge in [0.25, 0.3) is 0 Å². The average Bonchev–Trinajstić information content (AvgIpc) is 2.38. The molecule has 94 valence electrons. The van der Waals surface area contributed by atoms with Gasteiger partial charge in [-0.3, -0.25) is 0 Å². The molecule has 0 saturated heterocycles. The van der Waals surface area contributed by atoms with E-state index in [0.29, 0.717) is 17.4 Å². The fourth-order valence-electron chi connectivity index (χ4n) is 1.58. The Hall–Kier alpha value is -1.78. The first-order chi connectivity index (χ1) is 8.69. The van der Waals surface area contributed by atoms with Gasteiger partial charge in [-0.2, -0.15) is 0 Å². The van der Waals surface area contributed by atoms with Crippen LogP contribution in [0.2, 0.25) is 5.02 Å². The second-order valence-corrected chi connectivity index (χ2v) is 4.33. The lowest BCUT2D eigenvalue weighted by Gasteiger charge is -2.10. The monoisotopic (exact) mass is 263 g/mol. The van der Waals surface area contributed by atoms with Crippen molar-refractivity contribution >= 4 is 17.4 Å². The molecule has 0 unspecified atom stereocenters. The Kier molecular flexibility index (Phi) is 4.02. The zero-order valence-corrected chi connectivity index (χ0v) is 10.7. The van der Waals surface area contributed by atoms with Crippen LogP contribution in [0.5, 0.6) is 5.75 Å². The molecule has 0 spiro atoms. The molecule has 0 saturated carbocycles. The topological polar surface area (TPSA) is 60.2 Å². The summed E-state index contributed by atoms with van der Waals surface area (Å²) >= 11 is 5.89. The Balaban J connectivity index is 2.06. The highest BCUT2D eigenvalue weighted by atomic mass is 35.5. The van der Waals surface area contributed by atoms with E-state index >= 15 is 0 Å². The first-order valence-electron chi connectivity index (χ1n) is 5.49. The summed E-state index contributed by atoms with van der Waals surface area (Å²) in [4.78, 5) is 4.03. The maximum Gasteiger partial charge on any atom is 0.140 e. The molecule has 0 aliphatic rings. The van der Waals surface area contributed by atoms with Gasteiger partial charge in [-0.15, -0.1) is 0 Å². The molecule has 2 aromatic rings. The molecule has 1 aromatic carbocycles. The minimum Gasteiger partial charge on any atom is -0.489 e. The molecule has 0 amide bonds. The largest absolute Gasteiger partial charge is 0.489 e. The highest BCUT2D eigenvalue weighted by molar-refractivity contribution is 6.30. The Morgan fingerprint density at radius 2 is 2.17 bits per heavy atom. The number of anilines is 1. The number of aryl methyl sites for hydroxylation is 1. The number of aromatic nitrogens is 1. The number of hydrazine groups is 1. The number of ether oxygens (including phenoxy) is 1. The van der Waals surface area contributed by atoms with Crippen LogP contribution in [0.4, 0.5) is 5.82 Å². The van der Waals surface area contributed by atoms with Crippen LogP contribution >= 0.6 is 11.6 Å². The van der Waals surface area contributed by atoms with Gasteiger partial charge in [0, 0.05) is 11.2 Å². The lowest BCUT2D eigenvalue weighted by Crippen LogP contribution is -2.09. The van der Waals surface area contributed by atoms with Crippen molar-refractivity contribution in [2.24, 2.45) is 5.84 Å². The molecule has 0 aliphatic heterocycles. The minimum absolute atomic E-state index is 0.458. The second kappa shape index (κ2) is 5.71. The summed E-state index contributed by atoms with van der Waals surface area (Å²) in [5.74, 6) is 6.73. The molecule has 1 heterocycles. The van der Waals surface area contributed by atoms with Gasteiger partial charge in [0.1, 0.15) is 18.2 Å². The Bertz CT molecular complexity index is 546. The third kappa shape index (κ3) is 3.12. The number of nitrogens with two attached hydrogens (primary N) is 1. The summed E-state index contributed by atoms with van der Waals surface area (Å²) in [7, 11) is 0. The van der Waals surface area contributed by atoms with Crippen molar-refractivity contribution in [2.75, 3.05) is 5.43 Å². The summed E-state index contributed by atoms with van der Waals surface area (Å²) in [6.45, 7) is 2.42. The highest BCUT2D eigenvalue weighted by Crippen LogP contribution is 2.22. The highest BCUT2D eigenvalue weighted by Gasteiger charge is 2.02. The van der Waals surface area contributed by atoms with E-state index in [2.05, 4.69) is 10.4 Å². The minimum atomic E-state index is 0.458. The Morgan fingerprint density at radius 1 is 1.33 bits per heavy atom. The van der Waals surface area contributed by atoms with Crippen LogP contribution in [0.3, 0.4) is 0 Å².